The van der Waals surface area contributed by atoms with Crippen LogP contribution in [0.3, 0.4) is 0 Å². The smallest absolute Gasteiger partial charge is 0.351 e. The Hall–Kier alpha value is -2.21. The molecule has 1 N–H and O–H groups in total. The molecule has 2 heterocycles. The Morgan fingerprint density at radius 1 is 1.46 bits per heavy atom. The van der Waals surface area contributed by atoms with Crippen LogP contribution in [0.5, 0.6) is 0 Å². The Balaban J connectivity index is 0.000000307. The predicted octanol–water partition coefficient (Wildman–Crippen LogP) is 1.30. The molecular formula is C12H17F3N4O5. The van der Waals surface area contributed by atoms with E-state index in [9.17, 15) is 28.1 Å². The topological polar surface area (TPSA) is 109 Å². The maximum absolute atomic E-state index is 11.0. The molecule has 0 radical (unpaired) electrons. The van der Waals surface area contributed by atoms with Gasteiger partial charge in [-0.1, -0.05) is 6.92 Å². The highest BCUT2D eigenvalue weighted by Gasteiger charge is 2.37. The molecule has 1 amide bonds. The van der Waals surface area contributed by atoms with Gasteiger partial charge >= 0.3 is 17.8 Å². The first-order valence-electron chi connectivity index (χ1n) is 6.76. The van der Waals surface area contributed by atoms with Crippen LogP contribution in [0.2, 0.25) is 0 Å². The number of nitrogens with one attached hydrogen (secondary N) is 1. The average Bonchev–Trinajstić information content (AvgIpc) is 2.89. The Kier molecular flexibility index (Phi) is 6.66. The van der Waals surface area contributed by atoms with Crippen molar-refractivity contribution in [2.24, 2.45) is 13.0 Å². The fourth-order valence-electron chi connectivity index (χ4n) is 1.75. The summed E-state index contributed by atoms with van der Waals surface area (Å²) in [5, 5.41) is 16.1. The summed E-state index contributed by atoms with van der Waals surface area (Å²) < 4.78 is 45.4. The third kappa shape index (κ3) is 5.16. The minimum absolute atomic E-state index is 0.0675. The molecule has 1 aliphatic rings. The van der Waals surface area contributed by atoms with Gasteiger partial charge in [0.1, 0.15) is 6.20 Å². The largest absolute Gasteiger partial charge is 0.471 e. The number of nitrogens with zero attached hydrogens (tertiary/aromatic N) is 3. The Bertz CT molecular complexity index is 582. The molecule has 0 aliphatic carbocycles. The van der Waals surface area contributed by atoms with Gasteiger partial charge in [0.2, 0.25) is 6.29 Å². The number of amides is 1. The molecule has 0 atom stereocenters. The highest BCUT2D eigenvalue weighted by Crippen LogP contribution is 2.30. The number of carbonyl (C=O) groups excluding carboxylic acids is 1. The molecule has 24 heavy (non-hydrogen) atoms. The highest BCUT2D eigenvalue weighted by molar-refractivity contribution is 5.81. The molecule has 1 aromatic heterocycles. The van der Waals surface area contributed by atoms with Crippen molar-refractivity contribution in [3.63, 3.8) is 0 Å². The molecule has 136 valence electrons. The Morgan fingerprint density at radius 2 is 2.00 bits per heavy atom. The number of aryl methyl sites for hydroxylation is 1. The summed E-state index contributed by atoms with van der Waals surface area (Å²) in [5.74, 6) is -1.61. The van der Waals surface area contributed by atoms with E-state index in [1.807, 2.05) is 6.92 Å². The van der Waals surface area contributed by atoms with E-state index in [4.69, 9.17) is 9.47 Å². The molecule has 0 spiro atoms. The van der Waals surface area contributed by atoms with Crippen LogP contribution in [0.1, 0.15) is 18.9 Å². The predicted molar refractivity (Wildman–Crippen MR) is 73.8 cm³/mol. The molecule has 12 heteroatoms. The fraction of sp³-hybridized carbons (Fsp3) is 0.667. The van der Waals surface area contributed by atoms with Crippen molar-refractivity contribution in [1.29, 1.82) is 0 Å². The summed E-state index contributed by atoms with van der Waals surface area (Å²) in [6.07, 6.45) is -4.22. The number of carbonyl (C=O) groups is 1. The second-order valence-corrected chi connectivity index (χ2v) is 4.98. The van der Waals surface area contributed by atoms with E-state index in [2.05, 4.69) is 5.10 Å². The van der Waals surface area contributed by atoms with Crippen molar-refractivity contribution in [2.45, 2.75) is 19.4 Å². The van der Waals surface area contributed by atoms with E-state index in [-0.39, 0.29) is 5.69 Å². The minimum Gasteiger partial charge on any atom is -0.351 e. The number of aromatic nitrogens is 2. The summed E-state index contributed by atoms with van der Waals surface area (Å²) >= 11 is 0. The van der Waals surface area contributed by atoms with E-state index in [0.29, 0.717) is 24.8 Å². The number of ether oxygens (including phenoxy) is 2. The zero-order valence-electron chi connectivity index (χ0n) is 13.2. The molecule has 0 unspecified atom stereocenters. The van der Waals surface area contributed by atoms with E-state index in [0.717, 1.165) is 7.05 Å². The molecular weight excluding hydrogens is 337 g/mol. The summed E-state index contributed by atoms with van der Waals surface area (Å²) in [6, 6.07) is 0. The van der Waals surface area contributed by atoms with Gasteiger partial charge in [0.15, 0.2) is 5.69 Å². The van der Waals surface area contributed by atoms with Gasteiger partial charge in [-0.3, -0.25) is 19.6 Å². The van der Waals surface area contributed by atoms with Crippen LogP contribution >= 0.6 is 0 Å². The Morgan fingerprint density at radius 3 is 2.38 bits per heavy atom. The number of nitro groups is 1. The highest BCUT2D eigenvalue weighted by atomic mass is 19.4. The monoisotopic (exact) mass is 354 g/mol. The van der Waals surface area contributed by atoms with E-state index in [1.165, 1.54) is 16.2 Å². The molecule has 1 saturated heterocycles. The van der Waals surface area contributed by atoms with Gasteiger partial charge in [-0.25, -0.2) is 0 Å². The average molecular weight is 354 g/mol. The van der Waals surface area contributed by atoms with Crippen molar-refractivity contribution >= 4 is 11.6 Å². The summed E-state index contributed by atoms with van der Waals surface area (Å²) in [5.41, 5.74) is 0.291. The van der Waals surface area contributed by atoms with Crippen molar-refractivity contribution in [3.05, 3.63) is 22.0 Å². The third-order valence-electron chi connectivity index (χ3n) is 2.93. The van der Waals surface area contributed by atoms with Crippen LogP contribution in [0.4, 0.5) is 18.9 Å². The molecule has 0 saturated carbocycles. The van der Waals surface area contributed by atoms with Gasteiger partial charge in [-0.2, -0.15) is 18.3 Å². The number of alkyl halides is 3. The maximum atomic E-state index is 11.0. The van der Waals surface area contributed by atoms with Crippen LogP contribution in [-0.2, 0) is 21.3 Å². The van der Waals surface area contributed by atoms with Crippen LogP contribution in [-0.4, -0.2) is 47.0 Å². The van der Waals surface area contributed by atoms with Crippen LogP contribution in [0.15, 0.2) is 6.20 Å². The normalized spacial score (nSPS) is 20.8. The first-order valence-corrected chi connectivity index (χ1v) is 6.76. The summed E-state index contributed by atoms with van der Waals surface area (Å²) in [6.45, 7) is 3.06. The number of rotatable bonds is 2. The number of halogens is 3. The number of hydrogen-bond acceptors (Lipinski definition) is 6. The van der Waals surface area contributed by atoms with Crippen LogP contribution < -0.4 is 5.32 Å². The van der Waals surface area contributed by atoms with Gasteiger partial charge in [0.05, 0.1) is 18.1 Å². The molecule has 0 bridgehead atoms. The number of hydrogen-bond donors (Lipinski definition) is 1. The van der Waals surface area contributed by atoms with Gasteiger partial charge in [-0.05, 0) is 0 Å². The van der Waals surface area contributed by atoms with Crippen LogP contribution in [0, 0.1) is 16.0 Å². The first kappa shape index (κ1) is 19.8. The van der Waals surface area contributed by atoms with Crippen molar-refractivity contribution in [3.8, 4) is 0 Å². The molecule has 2 rings (SSSR count). The zero-order valence-corrected chi connectivity index (χ0v) is 13.2. The fourth-order valence-corrected chi connectivity index (χ4v) is 1.75. The summed E-state index contributed by atoms with van der Waals surface area (Å²) in [4.78, 5) is 19.9. The quantitative estimate of drug-likeness (QED) is 0.633. The van der Waals surface area contributed by atoms with Gasteiger partial charge < -0.3 is 14.8 Å². The lowest BCUT2D eigenvalue weighted by Gasteiger charge is -2.26. The standard InChI is InChI=1S/C9H13N3O4.C3H4F3NO/c1-6-4-15-9(16-5-6)8-7(12(13)14)3-10-11(8)2;1-7-2(8)3(4,5)6/h3,6,9H,4-5H2,1-2H3;1H3,(H,7,8). The summed E-state index contributed by atoms with van der Waals surface area (Å²) in [7, 11) is 2.56. The SMILES string of the molecule is CC1COC(c2c([N+](=O)[O-])cnn2C)OC1.CNC(=O)C(F)(F)F. The lowest BCUT2D eigenvalue weighted by Crippen LogP contribution is -2.33. The third-order valence-corrected chi connectivity index (χ3v) is 2.93. The van der Waals surface area contributed by atoms with E-state index in [1.54, 1.807) is 7.05 Å². The van der Waals surface area contributed by atoms with Gasteiger partial charge in [0, 0.05) is 20.0 Å². The minimum atomic E-state index is -4.74. The molecule has 1 fully saturated rings. The molecule has 9 nitrogen and oxygen atoms in total. The van der Waals surface area contributed by atoms with Gasteiger partial charge in [-0.15, -0.1) is 0 Å². The Labute approximate surface area is 134 Å². The zero-order chi connectivity index (χ0) is 18.5. The second kappa shape index (κ2) is 8.06. The molecule has 1 aromatic rings. The van der Waals surface area contributed by atoms with Crippen LogP contribution in [0.25, 0.3) is 0 Å². The first-order chi connectivity index (χ1) is 11.1. The molecule has 1 aliphatic heterocycles. The second-order valence-electron chi connectivity index (χ2n) is 4.98. The van der Waals surface area contributed by atoms with Gasteiger partial charge in [0.25, 0.3) is 0 Å². The van der Waals surface area contributed by atoms with Crippen molar-refractivity contribution in [2.75, 3.05) is 20.3 Å². The lowest BCUT2D eigenvalue weighted by molar-refractivity contribution is -0.387. The maximum Gasteiger partial charge on any atom is 0.471 e. The van der Waals surface area contributed by atoms with E-state index < -0.39 is 23.3 Å². The lowest BCUT2D eigenvalue weighted by atomic mass is 10.2. The van der Waals surface area contributed by atoms with Crippen molar-refractivity contribution < 1.29 is 32.4 Å². The van der Waals surface area contributed by atoms with E-state index >= 15 is 0 Å². The molecule has 0 aromatic carbocycles. The van der Waals surface area contributed by atoms with Crippen molar-refractivity contribution in [1.82, 2.24) is 15.1 Å².